The third kappa shape index (κ3) is 3.49. The molecular weight excluding hydrogens is 338 g/mol. The van der Waals surface area contributed by atoms with Crippen LogP contribution in [-0.4, -0.2) is 15.9 Å². The summed E-state index contributed by atoms with van der Waals surface area (Å²) in [5.74, 6) is 0.424. The van der Waals surface area contributed by atoms with Gasteiger partial charge in [0.1, 0.15) is 5.03 Å². The molecular formula is C18H15N3OS2. The van der Waals surface area contributed by atoms with E-state index in [9.17, 15) is 4.79 Å². The van der Waals surface area contributed by atoms with Crippen LogP contribution in [-0.2, 0) is 0 Å². The lowest BCUT2D eigenvalue weighted by atomic mass is 10.3. The highest BCUT2D eigenvalue weighted by Crippen LogP contribution is 2.41. The molecule has 1 aliphatic rings. The second kappa shape index (κ2) is 6.75. The highest BCUT2D eigenvalue weighted by Gasteiger charge is 2.26. The van der Waals surface area contributed by atoms with Crippen LogP contribution >= 0.6 is 23.1 Å². The number of amides is 1. The lowest BCUT2D eigenvalue weighted by molar-refractivity contribution is 0.102. The maximum absolute atomic E-state index is 12.6. The number of hydrogen-bond acceptors (Lipinski definition) is 5. The smallest absolute Gasteiger partial charge is 0.260 e. The Hall–Kier alpha value is -2.18. The fourth-order valence-corrected chi connectivity index (χ4v) is 4.01. The Labute approximate surface area is 148 Å². The molecule has 120 valence electrons. The number of nitrogens with one attached hydrogen (secondary N) is 1. The van der Waals surface area contributed by atoms with E-state index in [-0.39, 0.29) is 5.91 Å². The van der Waals surface area contributed by atoms with E-state index in [0.717, 1.165) is 10.6 Å². The van der Waals surface area contributed by atoms with E-state index in [0.29, 0.717) is 21.6 Å². The van der Waals surface area contributed by atoms with E-state index in [2.05, 4.69) is 15.3 Å². The Kier molecular flexibility index (Phi) is 4.32. The number of thiazole rings is 1. The number of benzene rings is 1. The van der Waals surface area contributed by atoms with Crippen molar-refractivity contribution in [2.75, 3.05) is 5.32 Å². The van der Waals surface area contributed by atoms with Gasteiger partial charge in [0.15, 0.2) is 5.13 Å². The molecule has 0 spiro atoms. The van der Waals surface area contributed by atoms with Crippen LogP contribution in [0.15, 0.2) is 64.0 Å². The molecule has 0 unspecified atom stereocenters. The summed E-state index contributed by atoms with van der Waals surface area (Å²) in [6.45, 7) is 0. The van der Waals surface area contributed by atoms with Crippen LogP contribution in [0.25, 0.3) is 0 Å². The van der Waals surface area contributed by atoms with Crippen molar-refractivity contribution < 1.29 is 4.79 Å². The van der Waals surface area contributed by atoms with Crippen molar-refractivity contribution in [1.82, 2.24) is 9.97 Å². The molecule has 1 saturated carbocycles. The zero-order chi connectivity index (χ0) is 16.4. The van der Waals surface area contributed by atoms with Crippen molar-refractivity contribution >= 4 is 34.1 Å². The number of carbonyl (C=O) groups is 1. The number of carbonyl (C=O) groups excluding carboxylic acids is 1. The molecule has 1 fully saturated rings. The van der Waals surface area contributed by atoms with E-state index < -0.39 is 0 Å². The van der Waals surface area contributed by atoms with Gasteiger partial charge in [0.05, 0.1) is 11.3 Å². The number of hydrogen-bond donors (Lipinski definition) is 1. The standard InChI is InChI=1S/C18H15N3OS2/c22-16(21-18-20-15(11-23-18)12-8-9-12)14-7-4-10-19-17(14)24-13-5-2-1-3-6-13/h1-7,10-12H,8-9H2,(H,20,21,22). The Morgan fingerprint density at radius 2 is 2.00 bits per heavy atom. The minimum Gasteiger partial charge on any atom is -0.298 e. The summed E-state index contributed by atoms with van der Waals surface area (Å²) in [6, 6.07) is 13.5. The second-order valence-electron chi connectivity index (χ2n) is 5.58. The third-order valence-electron chi connectivity index (χ3n) is 3.71. The van der Waals surface area contributed by atoms with Gasteiger partial charge < -0.3 is 0 Å². The van der Waals surface area contributed by atoms with Crippen LogP contribution in [0.4, 0.5) is 5.13 Å². The summed E-state index contributed by atoms with van der Waals surface area (Å²) in [4.78, 5) is 22.5. The van der Waals surface area contributed by atoms with Crippen molar-refractivity contribution in [1.29, 1.82) is 0 Å². The summed E-state index contributed by atoms with van der Waals surface area (Å²) in [7, 11) is 0. The Morgan fingerprint density at radius 1 is 1.17 bits per heavy atom. The summed E-state index contributed by atoms with van der Waals surface area (Å²) >= 11 is 2.96. The molecule has 4 nitrogen and oxygen atoms in total. The summed E-state index contributed by atoms with van der Waals surface area (Å²) in [5.41, 5.74) is 1.66. The van der Waals surface area contributed by atoms with Gasteiger partial charge in [-0.15, -0.1) is 11.3 Å². The minimum absolute atomic E-state index is 0.168. The van der Waals surface area contributed by atoms with Gasteiger partial charge in [0.25, 0.3) is 5.91 Å². The van der Waals surface area contributed by atoms with Gasteiger partial charge in [0, 0.05) is 22.4 Å². The van der Waals surface area contributed by atoms with Gasteiger partial charge in [-0.25, -0.2) is 9.97 Å². The van der Waals surface area contributed by atoms with E-state index in [4.69, 9.17) is 0 Å². The average Bonchev–Trinajstić information content (AvgIpc) is 3.36. The largest absolute Gasteiger partial charge is 0.298 e. The van der Waals surface area contributed by atoms with E-state index in [1.54, 1.807) is 18.3 Å². The van der Waals surface area contributed by atoms with Crippen molar-refractivity contribution in [3.8, 4) is 0 Å². The normalized spacial score (nSPS) is 13.7. The number of anilines is 1. The van der Waals surface area contributed by atoms with E-state index in [1.807, 2.05) is 35.7 Å². The first-order chi connectivity index (χ1) is 11.8. The molecule has 0 aliphatic heterocycles. The van der Waals surface area contributed by atoms with Gasteiger partial charge in [-0.2, -0.15) is 0 Å². The monoisotopic (exact) mass is 353 g/mol. The summed E-state index contributed by atoms with van der Waals surface area (Å²) in [5, 5.41) is 6.29. The van der Waals surface area contributed by atoms with Crippen molar-refractivity contribution in [3.05, 3.63) is 65.3 Å². The molecule has 0 saturated heterocycles. The molecule has 1 amide bonds. The zero-order valence-electron chi connectivity index (χ0n) is 12.8. The van der Waals surface area contributed by atoms with Gasteiger partial charge in [-0.3, -0.25) is 10.1 Å². The quantitative estimate of drug-likeness (QED) is 0.714. The molecule has 1 aromatic carbocycles. The second-order valence-corrected chi connectivity index (χ2v) is 7.50. The number of rotatable bonds is 5. The molecule has 2 heterocycles. The highest BCUT2D eigenvalue weighted by atomic mass is 32.2. The zero-order valence-corrected chi connectivity index (χ0v) is 14.4. The number of nitrogens with zero attached hydrogens (tertiary/aromatic N) is 2. The first-order valence-corrected chi connectivity index (χ1v) is 9.44. The van der Waals surface area contributed by atoms with E-state index in [1.165, 1.54) is 35.9 Å². The molecule has 0 atom stereocenters. The molecule has 4 rings (SSSR count). The topological polar surface area (TPSA) is 54.9 Å². The maximum atomic E-state index is 12.6. The predicted octanol–water partition coefficient (Wildman–Crippen LogP) is 4.82. The number of pyridine rings is 1. The molecule has 0 radical (unpaired) electrons. The fourth-order valence-electron chi connectivity index (χ4n) is 2.32. The molecule has 1 N–H and O–H groups in total. The molecule has 1 aliphatic carbocycles. The van der Waals surface area contributed by atoms with Gasteiger partial charge >= 0.3 is 0 Å². The van der Waals surface area contributed by atoms with Crippen LogP contribution in [0.3, 0.4) is 0 Å². The van der Waals surface area contributed by atoms with Gasteiger partial charge in [-0.05, 0) is 37.1 Å². The average molecular weight is 353 g/mol. The lowest BCUT2D eigenvalue weighted by Crippen LogP contribution is -2.13. The molecule has 24 heavy (non-hydrogen) atoms. The summed E-state index contributed by atoms with van der Waals surface area (Å²) < 4.78 is 0. The highest BCUT2D eigenvalue weighted by molar-refractivity contribution is 7.99. The van der Waals surface area contributed by atoms with Crippen molar-refractivity contribution in [3.63, 3.8) is 0 Å². The van der Waals surface area contributed by atoms with Crippen LogP contribution < -0.4 is 5.32 Å². The lowest BCUT2D eigenvalue weighted by Gasteiger charge is -2.07. The third-order valence-corrected chi connectivity index (χ3v) is 5.51. The van der Waals surface area contributed by atoms with Crippen molar-refractivity contribution in [2.45, 2.75) is 28.7 Å². The Balaban J connectivity index is 1.53. The predicted molar refractivity (Wildman–Crippen MR) is 96.8 cm³/mol. The maximum Gasteiger partial charge on any atom is 0.260 e. The van der Waals surface area contributed by atoms with Gasteiger partial charge in [0.2, 0.25) is 0 Å². The van der Waals surface area contributed by atoms with Crippen molar-refractivity contribution in [2.24, 2.45) is 0 Å². The van der Waals surface area contributed by atoms with Crippen LogP contribution in [0.1, 0.15) is 34.8 Å². The molecule has 2 aromatic heterocycles. The first kappa shape index (κ1) is 15.4. The van der Waals surface area contributed by atoms with Gasteiger partial charge in [-0.1, -0.05) is 30.0 Å². The van der Waals surface area contributed by atoms with Crippen LogP contribution in [0.2, 0.25) is 0 Å². The first-order valence-electron chi connectivity index (χ1n) is 7.74. The summed E-state index contributed by atoms with van der Waals surface area (Å²) in [6.07, 6.45) is 4.12. The molecule has 6 heteroatoms. The number of aromatic nitrogens is 2. The molecule has 0 bridgehead atoms. The fraction of sp³-hybridized carbons (Fsp3) is 0.167. The minimum atomic E-state index is -0.168. The molecule has 3 aromatic rings. The van der Waals surface area contributed by atoms with Crippen LogP contribution in [0, 0.1) is 0 Å². The SMILES string of the molecule is O=C(Nc1nc(C2CC2)cs1)c1cccnc1Sc1ccccc1. The van der Waals surface area contributed by atoms with E-state index >= 15 is 0 Å². The van der Waals surface area contributed by atoms with Crippen LogP contribution in [0.5, 0.6) is 0 Å². The Morgan fingerprint density at radius 3 is 2.79 bits per heavy atom. The Bertz CT molecular complexity index is 859.